The summed E-state index contributed by atoms with van der Waals surface area (Å²) in [7, 11) is 0. The van der Waals surface area contributed by atoms with Gasteiger partial charge in [0, 0.05) is 28.2 Å². The number of nitrogens with two attached hydrogens (primary N) is 1. The van der Waals surface area contributed by atoms with E-state index < -0.39 is 0 Å². The van der Waals surface area contributed by atoms with Crippen molar-refractivity contribution < 1.29 is 0 Å². The highest BCUT2D eigenvalue weighted by Gasteiger charge is 2.24. The van der Waals surface area contributed by atoms with Crippen molar-refractivity contribution in [1.29, 1.82) is 0 Å². The van der Waals surface area contributed by atoms with E-state index in [9.17, 15) is 0 Å². The molecule has 0 aliphatic rings. The van der Waals surface area contributed by atoms with Crippen molar-refractivity contribution in [2.45, 2.75) is 0 Å². The number of nitrogen functional groups attached to an aromatic ring is 1. The largest absolute Gasteiger partial charge is 0.398 e. The van der Waals surface area contributed by atoms with Crippen LogP contribution in [0, 0.1) is 0 Å². The fourth-order valence-electron chi connectivity index (χ4n) is 7.77. The van der Waals surface area contributed by atoms with Gasteiger partial charge in [0.15, 0.2) is 0 Å². The maximum Gasteiger partial charge on any atom is 0.0561 e. The molecule has 0 aliphatic heterocycles. The summed E-state index contributed by atoms with van der Waals surface area (Å²) in [6.45, 7) is 0. The van der Waals surface area contributed by atoms with Gasteiger partial charge >= 0.3 is 0 Å². The van der Waals surface area contributed by atoms with Crippen LogP contribution in [0.1, 0.15) is 0 Å². The molecule has 0 fully saturated rings. The van der Waals surface area contributed by atoms with Crippen LogP contribution in [0.3, 0.4) is 0 Å². The van der Waals surface area contributed by atoms with Crippen LogP contribution < -0.4 is 10.6 Å². The molecule has 9 aromatic carbocycles. The van der Waals surface area contributed by atoms with E-state index in [1.807, 2.05) is 0 Å². The van der Waals surface area contributed by atoms with Gasteiger partial charge in [-0.1, -0.05) is 200 Å². The fourth-order valence-corrected chi connectivity index (χ4v) is 7.77. The average Bonchev–Trinajstić information content (AvgIpc) is 3.28. The van der Waals surface area contributed by atoms with E-state index in [1.165, 1.54) is 16.7 Å². The molecule has 0 saturated heterocycles. The summed E-state index contributed by atoms with van der Waals surface area (Å²) in [6.07, 6.45) is 0. The monoisotopic (exact) mass is 716 g/mol. The number of rotatable bonds is 9. The summed E-state index contributed by atoms with van der Waals surface area (Å²) in [4.78, 5) is 2.33. The second-order valence-corrected chi connectivity index (χ2v) is 13.9. The van der Waals surface area contributed by atoms with Crippen LogP contribution >= 0.6 is 0 Å². The van der Waals surface area contributed by atoms with Crippen LogP contribution in [-0.4, -0.2) is 0 Å². The summed E-state index contributed by atoms with van der Waals surface area (Å²) in [5.74, 6) is 0. The minimum absolute atomic E-state index is 0.720. The third kappa shape index (κ3) is 6.77. The first kappa shape index (κ1) is 34.4. The third-order valence-corrected chi connectivity index (χ3v) is 10.5. The van der Waals surface area contributed by atoms with E-state index in [-0.39, 0.29) is 0 Å². The molecule has 9 rings (SSSR count). The van der Waals surface area contributed by atoms with Crippen LogP contribution in [-0.2, 0) is 0 Å². The Hall–Kier alpha value is -7.42. The zero-order valence-corrected chi connectivity index (χ0v) is 31.0. The summed E-state index contributed by atoms with van der Waals surface area (Å²) < 4.78 is 0. The lowest BCUT2D eigenvalue weighted by Gasteiger charge is -2.30. The fraction of sp³-hybridized carbons (Fsp3) is 0. The maximum atomic E-state index is 7.66. The molecule has 2 nitrogen and oxygen atoms in total. The molecule has 0 radical (unpaired) electrons. The van der Waals surface area contributed by atoms with Crippen molar-refractivity contribution in [2.75, 3.05) is 10.6 Å². The van der Waals surface area contributed by atoms with Crippen molar-refractivity contribution in [2.24, 2.45) is 0 Å². The van der Waals surface area contributed by atoms with Gasteiger partial charge in [-0.05, 0) is 86.0 Å². The summed E-state index contributed by atoms with van der Waals surface area (Å²) in [5, 5.41) is 0. The molecule has 0 aliphatic carbocycles. The summed E-state index contributed by atoms with van der Waals surface area (Å²) in [6, 6.07) is 81.5. The number of benzene rings is 9. The van der Waals surface area contributed by atoms with E-state index in [0.29, 0.717) is 0 Å². The second-order valence-electron chi connectivity index (χ2n) is 13.9. The predicted octanol–water partition coefficient (Wildman–Crippen LogP) is 14.7. The van der Waals surface area contributed by atoms with Crippen LogP contribution in [0.2, 0.25) is 0 Å². The Morgan fingerprint density at radius 1 is 0.250 bits per heavy atom. The van der Waals surface area contributed by atoms with Crippen molar-refractivity contribution >= 4 is 22.7 Å². The molecule has 0 saturated carbocycles. The highest BCUT2D eigenvalue weighted by atomic mass is 15.1. The minimum Gasteiger partial charge on any atom is -0.398 e. The maximum absolute atomic E-state index is 7.66. The standard InChI is InChI=1S/C54H40N2/c55-54-50(53-48(43-21-10-3-11-22-43)27-16-28-49(53)44-23-12-4-13-24-44)37-38-51(52(54)45-31-29-41(30-32-45)39-17-6-1-7-18-39)56(46-25-14-5-15-26-46)47-35-33-42(34-36-47)40-19-8-2-9-20-40/h1-38H,55H2. The smallest absolute Gasteiger partial charge is 0.0561 e. The Morgan fingerprint density at radius 3 is 1.11 bits per heavy atom. The lowest BCUT2D eigenvalue weighted by Crippen LogP contribution is -2.12. The topological polar surface area (TPSA) is 29.3 Å². The normalized spacial score (nSPS) is 10.9. The lowest BCUT2D eigenvalue weighted by molar-refractivity contribution is 1.28. The van der Waals surface area contributed by atoms with Crippen molar-refractivity contribution in [3.8, 4) is 66.8 Å². The van der Waals surface area contributed by atoms with Gasteiger partial charge in [0.1, 0.15) is 0 Å². The number of nitrogens with zero attached hydrogens (tertiary/aromatic N) is 1. The van der Waals surface area contributed by atoms with Gasteiger partial charge in [-0.15, -0.1) is 0 Å². The molecule has 0 unspecified atom stereocenters. The molecular formula is C54H40N2. The molecule has 9 aromatic rings. The number of hydrogen-bond donors (Lipinski definition) is 1. The van der Waals surface area contributed by atoms with Crippen molar-refractivity contribution in [3.05, 3.63) is 231 Å². The van der Waals surface area contributed by atoms with E-state index in [1.54, 1.807) is 0 Å². The zero-order chi connectivity index (χ0) is 37.7. The molecule has 0 amide bonds. The highest BCUT2D eigenvalue weighted by Crippen LogP contribution is 2.50. The quantitative estimate of drug-likeness (QED) is 0.151. The van der Waals surface area contributed by atoms with Gasteiger partial charge in [0.2, 0.25) is 0 Å². The number of hydrogen-bond acceptors (Lipinski definition) is 2. The molecule has 0 heterocycles. The molecular weight excluding hydrogens is 677 g/mol. The van der Waals surface area contributed by atoms with E-state index in [4.69, 9.17) is 5.73 Å². The third-order valence-electron chi connectivity index (χ3n) is 10.5. The minimum atomic E-state index is 0.720. The Kier molecular flexibility index (Phi) is 9.52. The van der Waals surface area contributed by atoms with Gasteiger partial charge in [-0.3, -0.25) is 0 Å². The number of para-hydroxylation sites is 1. The lowest BCUT2D eigenvalue weighted by atomic mass is 9.85. The van der Waals surface area contributed by atoms with Gasteiger partial charge in [-0.2, -0.15) is 0 Å². The first-order valence-electron chi connectivity index (χ1n) is 19.1. The van der Waals surface area contributed by atoms with Gasteiger partial charge < -0.3 is 10.6 Å². The molecule has 0 atom stereocenters. The molecule has 266 valence electrons. The van der Waals surface area contributed by atoms with Crippen molar-refractivity contribution in [3.63, 3.8) is 0 Å². The van der Waals surface area contributed by atoms with E-state index in [0.717, 1.165) is 72.8 Å². The summed E-state index contributed by atoms with van der Waals surface area (Å²) >= 11 is 0. The average molecular weight is 717 g/mol. The van der Waals surface area contributed by atoms with Gasteiger partial charge in [0.25, 0.3) is 0 Å². The summed E-state index contributed by atoms with van der Waals surface area (Å²) in [5.41, 5.74) is 24.8. The van der Waals surface area contributed by atoms with E-state index >= 15 is 0 Å². The van der Waals surface area contributed by atoms with Crippen LogP contribution in [0.4, 0.5) is 22.7 Å². The first-order valence-corrected chi connectivity index (χ1v) is 19.1. The molecule has 0 aromatic heterocycles. The molecule has 2 heteroatoms. The van der Waals surface area contributed by atoms with Gasteiger partial charge in [0.05, 0.1) is 5.69 Å². The first-order chi connectivity index (χ1) is 27.7. The second kappa shape index (κ2) is 15.5. The Morgan fingerprint density at radius 2 is 0.625 bits per heavy atom. The van der Waals surface area contributed by atoms with E-state index in [2.05, 4.69) is 235 Å². The van der Waals surface area contributed by atoms with Crippen LogP contribution in [0.15, 0.2) is 231 Å². The predicted molar refractivity (Wildman–Crippen MR) is 238 cm³/mol. The number of anilines is 4. The highest BCUT2D eigenvalue weighted by molar-refractivity contribution is 6.05. The molecule has 0 bridgehead atoms. The van der Waals surface area contributed by atoms with Gasteiger partial charge in [-0.25, -0.2) is 0 Å². The zero-order valence-electron chi connectivity index (χ0n) is 31.0. The molecule has 56 heavy (non-hydrogen) atoms. The molecule has 2 N–H and O–H groups in total. The SMILES string of the molecule is Nc1c(-c2c(-c3ccccc3)cccc2-c2ccccc2)ccc(N(c2ccccc2)c2ccc(-c3ccccc3)cc2)c1-c1ccc(-c2ccccc2)cc1. The van der Waals surface area contributed by atoms with Crippen LogP contribution in [0.5, 0.6) is 0 Å². The van der Waals surface area contributed by atoms with Crippen molar-refractivity contribution in [1.82, 2.24) is 0 Å². The Bertz CT molecular complexity index is 2630. The Balaban J connectivity index is 1.30. The Labute approximate surface area is 329 Å². The molecule has 0 spiro atoms. The van der Waals surface area contributed by atoms with Crippen LogP contribution in [0.25, 0.3) is 66.8 Å².